The molecule has 2 rings (SSSR count). The molecule has 0 aliphatic heterocycles. The summed E-state index contributed by atoms with van der Waals surface area (Å²) in [6, 6.07) is 8.84. The molecule has 0 radical (unpaired) electrons. The van der Waals surface area contributed by atoms with Gasteiger partial charge in [0.15, 0.2) is 5.82 Å². The van der Waals surface area contributed by atoms with Gasteiger partial charge in [-0.05, 0) is 25.1 Å². The Bertz CT molecular complexity index is 731. The molecule has 128 valence electrons. The molecule has 3 N–H and O–H groups in total. The fraction of sp³-hybridized carbons (Fsp3) is 0.353. The number of carbonyl (C=O) groups is 2. The third-order valence-electron chi connectivity index (χ3n) is 3.15. The van der Waals surface area contributed by atoms with Gasteiger partial charge in [0.2, 0.25) is 11.8 Å². The van der Waals surface area contributed by atoms with Crippen LogP contribution in [0.3, 0.4) is 0 Å². The van der Waals surface area contributed by atoms with E-state index in [1.165, 1.54) is 0 Å². The molecule has 0 saturated carbocycles. The predicted octanol–water partition coefficient (Wildman–Crippen LogP) is 3.02. The van der Waals surface area contributed by atoms with Crippen molar-refractivity contribution >= 4 is 29.0 Å². The number of hydrogen-bond acceptors (Lipinski definition) is 5. The van der Waals surface area contributed by atoms with Crippen LogP contribution in [0.25, 0.3) is 0 Å². The smallest absolute Gasteiger partial charge is 0.244 e. The van der Waals surface area contributed by atoms with E-state index in [0.717, 1.165) is 5.69 Å². The summed E-state index contributed by atoms with van der Waals surface area (Å²) in [5.74, 6) is 0.692. The van der Waals surface area contributed by atoms with Crippen LogP contribution in [0.4, 0.5) is 17.2 Å². The lowest BCUT2D eigenvalue weighted by molar-refractivity contribution is -0.123. The van der Waals surface area contributed by atoms with Gasteiger partial charge in [0.1, 0.15) is 5.76 Å². The van der Waals surface area contributed by atoms with Crippen molar-refractivity contribution in [3.05, 3.63) is 36.1 Å². The van der Waals surface area contributed by atoms with Crippen LogP contribution in [0, 0.1) is 12.3 Å². The van der Waals surface area contributed by atoms with Gasteiger partial charge in [-0.25, -0.2) is 0 Å². The molecule has 2 amide bonds. The minimum atomic E-state index is -0.473. The number of aromatic nitrogens is 1. The SMILES string of the molecule is Cc1cc(NC(=O)CNc2cccc(NC(=O)C(C)(C)C)c2)no1. The van der Waals surface area contributed by atoms with Crippen LogP contribution in [-0.2, 0) is 9.59 Å². The van der Waals surface area contributed by atoms with E-state index in [1.54, 1.807) is 31.2 Å². The van der Waals surface area contributed by atoms with Gasteiger partial charge < -0.3 is 20.5 Å². The molecular formula is C17H22N4O3. The monoisotopic (exact) mass is 330 g/mol. The summed E-state index contributed by atoms with van der Waals surface area (Å²) in [5.41, 5.74) is 0.930. The summed E-state index contributed by atoms with van der Waals surface area (Å²) in [6.07, 6.45) is 0. The molecule has 1 heterocycles. The van der Waals surface area contributed by atoms with Crippen molar-refractivity contribution in [1.29, 1.82) is 0 Å². The molecular weight excluding hydrogens is 308 g/mol. The van der Waals surface area contributed by atoms with Crippen LogP contribution in [0.2, 0.25) is 0 Å². The Morgan fingerprint density at radius 1 is 1.12 bits per heavy atom. The summed E-state index contributed by atoms with van der Waals surface area (Å²) < 4.78 is 4.88. The first-order valence-corrected chi connectivity index (χ1v) is 7.62. The molecule has 0 spiro atoms. The Hall–Kier alpha value is -2.83. The summed E-state index contributed by atoms with van der Waals surface area (Å²) in [7, 11) is 0. The summed E-state index contributed by atoms with van der Waals surface area (Å²) in [5, 5.41) is 12.2. The highest BCUT2D eigenvalue weighted by Gasteiger charge is 2.21. The third-order valence-corrected chi connectivity index (χ3v) is 3.15. The van der Waals surface area contributed by atoms with Crippen molar-refractivity contribution in [2.75, 3.05) is 22.5 Å². The number of rotatable bonds is 5. The average Bonchev–Trinajstić information content (AvgIpc) is 2.89. The van der Waals surface area contributed by atoms with Crippen LogP contribution >= 0.6 is 0 Å². The summed E-state index contributed by atoms with van der Waals surface area (Å²) in [6.45, 7) is 7.36. The average molecular weight is 330 g/mol. The molecule has 7 heteroatoms. The number of anilines is 3. The van der Waals surface area contributed by atoms with E-state index in [1.807, 2.05) is 26.8 Å². The molecule has 7 nitrogen and oxygen atoms in total. The van der Waals surface area contributed by atoms with Gasteiger partial charge in [-0.1, -0.05) is 32.0 Å². The fourth-order valence-corrected chi connectivity index (χ4v) is 1.82. The van der Waals surface area contributed by atoms with Crippen LogP contribution in [-0.4, -0.2) is 23.5 Å². The number of hydrogen-bond donors (Lipinski definition) is 3. The first-order chi connectivity index (χ1) is 11.2. The van der Waals surface area contributed by atoms with Gasteiger partial charge in [-0.2, -0.15) is 0 Å². The zero-order valence-corrected chi connectivity index (χ0v) is 14.3. The molecule has 2 aromatic rings. The molecule has 0 fully saturated rings. The molecule has 0 aliphatic carbocycles. The van der Waals surface area contributed by atoms with Crippen LogP contribution in [0.5, 0.6) is 0 Å². The number of nitrogens with zero attached hydrogens (tertiary/aromatic N) is 1. The fourth-order valence-electron chi connectivity index (χ4n) is 1.82. The molecule has 1 aromatic carbocycles. The van der Waals surface area contributed by atoms with Crippen molar-refractivity contribution in [2.45, 2.75) is 27.7 Å². The Morgan fingerprint density at radius 2 is 1.83 bits per heavy atom. The van der Waals surface area contributed by atoms with Crippen molar-refractivity contribution in [3.8, 4) is 0 Å². The van der Waals surface area contributed by atoms with Gasteiger partial charge in [-0.15, -0.1) is 0 Å². The van der Waals surface area contributed by atoms with E-state index < -0.39 is 5.41 Å². The zero-order chi connectivity index (χ0) is 17.7. The van der Waals surface area contributed by atoms with Crippen molar-refractivity contribution < 1.29 is 14.1 Å². The molecule has 0 aliphatic rings. The Kier molecular flexibility index (Phi) is 5.23. The second kappa shape index (κ2) is 7.16. The normalized spacial score (nSPS) is 11.0. The number of aryl methyl sites for hydroxylation is 1. The van der Waals surface area contributed by atoms with Crippen LogP contribution in [0.15, 0.2) is 34.9 Å². The van der Waals surface area contributed by atoms with Gasteiger partial charge in [0, 0.05) is 22.9 Å². The highest BCUT2D eigenvalue weighted by atomic mass is 16.5. The number of amides is 2. The standard InChI is InChI=1S/C17H22N4O3/c1-11-8-14(21-24-11)20-15(22)10-18-12-6-5-7-13(9-12)19-16(23)17(2,3)4/h5-9,18H,10H2,1-4H3,(H,19,23)(H,20,21,22). The Balaban J connectivity index is 1.90. The van der Waals surface area contributed by atoms with E-state index in [0.29, 0.717) is 17.3 Å². The Labute approximate surface area is 140 Å². The predicted molar refractivity (Wildman–Crippen MR) is 92.9 cm³/mol. The zero-order valence-electron chi connectivity index (χ0n) is 14.3. The van der Waals surface area contributed by atoms with Gasteiger partial charge in [0.05, 0.1) is 6.54 Å². The lowest BCUT2D eigenvalue weighted by Crippen LogP contribution is -2.27. The molecule has 0 saturated heterocycles. The van der Waals surface area contributed by atoms with E-state index in [-0.39, 0.29) is 18.4 Å². The lowest BCUT2D eigenvalue weighted by atomic mass is 9.95. The first-order valence-electron chi connectivity index (χ1n) is 7.62. The number of benzene rings is 1. The van der Waals surface area contributed by atoms with Gasteiger partial charge in [-0.3, -0.25) is 9.59 Å². The third kappa shape index (κ3) is 5.12. The van der Waals surface area contributed by atoms with E-state index in [4.69, 9.17) is 4.52 Å². The molecule has 1 aromatic heterocycles. The van der Waals surface area contributed by atoms with E-state index in [9.17, 15) is 9.59 Å². The number of nitrogens with one attached hydrogen (secondary N) is 3. The highest BCUT2D eigenvalue weighted by molar-refractivity contribution is 5.95. The largest absolute Gasteiger partial charge is 0.376 e. The quantitative estimate of drug-likeness (QED) is 0.783. The maximum atomic E-state index is 12.0. The maximum Gasteiger partial charge on any atom is 0.244 e. The van der Waals surface area contributed by atoms with E-state index >= 15 is 0 Å². The van der Waals surface area contributed by atoms with Crippen molar-refractivity contribution in [3.63, 3.8) is 0 Å². The molecule has 0 atom stereocenters. The number of carbonyl (C=O) groups excluding carboxylic acids is 2. The van der Waals surface area contributed by atoms with Crippen LogP contribution < -0.4 is 16.0 Å². The molecule has 24 heavy (non-hydrogen) atoms. The second-order valence-electron chi connectivity index (χ2n) is 6.51. The summed E-state index contributed by atoms with van der Waals surface area (Å²) in [4.78, 5) is 23.9. The lowest BCUT2D eigenvalue weighted by Gasteiger charge is -2.18. The molecule has 0 unspecified atom stereocenters. The minimum Gasteiger partial charge on any atom is -0.376 e. The Morgan fingerprint density at radius 3 is 2.46 bits per heavy atom. The van der Waals surface area contributed by atoms with Gasteiger partial charge in [0.25, 0.3) is 0 Å². The molecule has 0 bridgehead atoms. The van der Waals surface area contributed by atoms with Crippen molar-refractivity contribution in [2.24, 2.45) is 5.41 Å². The first kappa shape index (κ1) is 17.5. The maximum absolute atomic E-state index is 12.0. The van der Waals surface area contributed by atoms with E-state index in [2.05, 4.69) is 21.1 Å². The van der Waals surface area contributed by atoms with Crippen molar-refractivity contribution in [1.82, 2.24) is 5.16 Å². The van der Waals surface area contributed by atoms with Gasteiger partial charge >= 0.3 is 0 Å². The minimum absolute atomic E-state index is 0.0706. The summed E-state index contributed by atoms with van der Waals surface area (Å²) >= 11 is 0. The highest BCUT2D eigenvalue weighted by Crippen LogP contribution is 2.20. The topological polar surface area (TPSA) is 96.3 Å². The van der Waals surface area contributed by atoms with Crippen LogP contribution in [0.1, 0.15) is 26.5 Å². The second-order valence-corrected chi connectivity index (χ2v) is 6.51.